The Labute approximate surface area is 112 Å². The van der Waals surface area contributed by atoms with Crippen LogP contribution >= 0.6 is 11.3 Å². The molecule has 2 aromatic rings. The maximum atomic E-state index is 12.9. The van der Waals surface area contributed by atoms with Gasteiger partial charge >= 0.3 is 12.4 Å². The summed E-state index contributed by atoms with van der Waals surface area (Å²) >= 11 is 0.744. The number of hydrogen-bond donors (Lipinski definition) is 0. The zero-order chi connectivity index (χ0) is 15.0. The Bertz CT molecular complexity index is 590. The molecule has 0 aliphatic rings. The van der Waals surface area contributed by atoms with Gasteiger partial charge in [0.15, 0.2) is 5.51 Å². The first-order valence-electron chi connectivity index (χ1n) is 4.96. The van der Waals surface area contributed by atoms with Crippen LogP contribution in [0.4, 0.5) is 26.3 Å². The van der Waals surface area contributed by atoms with Gasteiger partial charge in [0.05, 0.1) is 11.8 Å². The van der Waals surface area contributed by atoms with Crippen LogP contribution in [0.25, 0.3) is 0 Å². The molecular weight excluding hydrogens is 308 g/mol. The molecule has 0 atom stereocenters. The molecule has 9 heteroatoms. The Morgan fingerprint density at radius 2 is 1.75 bits per heavy atom. The van der Waals surface area contributed by atoms with Crippen molar-refractivity contribution >= 4 is 11.3 Å². The molecule has 1 aromatic heterocycles. The molecule has 0 aliphatic heterocycles. The van der Waals surface area contributed by atoms with Gasteiger partial charge in [0.25, 0.3) is 0 Å². The number of hydrogen-bond acceptors (Lipinski definition) is 3. The van der Waals surface area contributed by atoms with Crippen molar-refractivity contribution in [2.24, 2.45) is 0 Å². The Kier molecular flexibility index (Phi) is 3.63. The minimum Gasteiger partial charge on any atom is -0.444 e. The summed E-state index contributed by atoms with van der Waals surface area (Å²) in [4.78, 5) is 3.45. The smallest absolute Gasteiger partial charge is 0.420 e. The average Bonchev–Trinajstić information content (AvgIpc) is 2.79. The van der Waals surface area contributed by atoms with Crippen molar-refractivity contribution in [2.45, 2.75) is 12.4 Å². The quantitative estimate of drug-likeness (QED) is 0.745. The summed E-state index contributed by atoms with van der Waals surface area (Å²) in [5.41, 5.74) is -1.34. The summed E-state index contributed by atoms with van der Waals surface area (Å²) in [6.45, 7) is 0. The molecule has 1 aromatic carbocycles. The van der Waals surface area contributed by atoms with E-state index in [0.717, 1.165) is 29.7 Å². The normalized spacial score (nSPS) is 12.5. The maximum Gasteiger partial charge on any atom is 0.420 e. The van der Waals surface area contributed by atoms with Crippen LogP contribution in [0.2, 0.25) is 0 Å². The van der Waals surface area contributed by atoms with Gasteiger partial charge in [-0.15, -0.1) is 0 Å². The van der Waals surface area contributed by atoms with Gasteiger partial charge in [-0.25, -0.2) is 4.98 Å². The molecule has 0 saturated heterocycles. The van der Waals surface area contributed by atoms with Gasteiger partial charge in [-0.1, -0.05) is 17.4 Å². The summed E-state index contributed by atoms with van der Waals surface area (Å²) < 4.78 is 81.4. The van der Waals surface area contributed by atoms with Crippen LogP contribution < -0.4 is 4.74 Å². The lowest BCUT2D eigenvalue weighted by atomic mass is 10.1. The summed E-state index contributed by atoms with van der Waals surface area (Å²) in [6, 6.07) is 2.02. The van der Waals surface area contributed by atoms with Crippen molar-refractivity contribution < 1.29 is 31.1 Å². The van der Waals surface area contributed by atoms with Crippen molar-refractivity contribution in [1.29, 1.82) is 0 Å². The second-order valence-corrected chi connectivity index (χ2v) is 4.34. The van der Waals surface area contributed by atoms with Gasteiger partial charge in [-0.2, -0.15) is 26.3 Å². The van der Waals surface area contributed by atoms with Crippen LogP contribution in [0.3, 0.4) is 0 Å². The lowest BCUT2D eigenvalue weighted by molar-refractivity contribution is -0.162. The predicted molar refractivity (Wildman–Crippen MR) is 57.5 cm³/mol. The number of aromatic nitrogens is 1. The molecule has 0 fully saturated rings. The topological polar surface area (TPSA) is 22.1 Å². The number of ether oxygens (including phenoxy) is 1. The minimum atomic E-state index is -5.20. The van der Waals surface area contributed by atoms with Gasteiger partial charge in [0.1, 0.15) is 11.3 Å². The molecule has 2 rings (SSSR count). The van der Waals surface area contributed by atoms with Crippen molar-refractivity contribution in [2.75, 3.05) is 0 Å². The van der Waals surface area contributed by atoms with E-state index in [2.05, 4.69) is 10.5 Å². The lowest BCUT2D eigenvalue weighted by Crippen LogP contribution is -2.17. The molecule has 1 heterocycles. The largest absolute Gasteiger partial charge is 0.444 e. The maximum absolute atomic E-state index is 12.9. The summed E-state index contributed by atoms with van der Waals surface area (Å²) in [5, 5.41) is -0.0881. The van der Waals surface area contributed by atoms with Crippen LogP contribution in [0.1, 0.15) is 11.1 Å². The van der Waals surface area contributed by atoms with Crippen LogP contribution in [-0.2, 0) is 12.4 Å². The van der Waals surface area contributed by atoms with E-state index in [9.17, 15) is 26.3 Å². The SMILES string of the molecule is FC(F)(F)c1cccc(Oc2cn[c]s2)c1C(F)(F)F. The molecule has 0 amide bonds. The first-order chi connectivity index (χ1) is 9.19. The van der Waals surface area contributed by atoms with E-state index in [1.54, 1.807) is 0 Å². The third-order valence-electron chi connectivity index (χ3n) is 2.19. The van der Waals surface area contributed by atoms with E-state index < -0.39 is 29.2 Å². The molecule has 0 bridgehead atoms. The number of rotatable bonds is 2. The highest BCUT2D eigenvalue weighted by Gasteiger charge is 2.45. The van der Waals surface area contributed by atoms with Crippen LogP contribution in [-0.4, -0.2) is 4.98 Å². The highest BCUT2D eigenvalue weighted by Crippen LogP contribution is 2.45. The fourth-order valence-electron chi connectivity index (χ4n) is 1.48. The molecule has 107 valence electrons. The second-order valence-electron chi connectivity index (χ2n) is 3.55. The Balaban J connectivity index is 2.57. The zero-order valence-corrected chi connectivity index (χ0v) is 10.2. The molecule has 2 nitrogen and oxygen atoms in total. The van der Waals surface area contributed by atoms with E-state index in [1.165, 1.54) is 0 Å². The highest BCUT2D eigenvalue weighted by molar-refractivity contribution is 7.11. The summed E-state index contributed by atoms with van der Waals surface area (Å²) in [6.07, 6.45) is -9.27. The third-order valence-corrected chi connectivity index (χ3v) is 2.78. The van der Waals surface area contributed by atoms with E-state index in [-0.39, 0.29) is 5.06 Å². The Hall–Kier alpha value is -1.77. The van der Waals surface area contributed by atoms with Crippen LogP contribution in [0.5, 0.6) is 10.8 Å². The fraction of sp³-hybridized carbons (Fsp3) is 0.182. The fourth-order valence-corrected chi connectivity index (χ4v) is 1.91. The molecule has 0 spiro atoms. The van der Waals surface area contributed by atoms with Crippen LogP contribution in [0.15, 0.2) is 24.4 Å². The molecule has 0 aliphatic carbocycles. The molecule has 0 unspecified atom stereocenters. The van der Waals surface area contributed by atoms with Crippen molar-refractivity contribution in [1.82, 2.24) is 4.98 Å². The van der Waals surface area contributed by atoms with Gasteiger partial charge in [-0.05, 0) is 12.1 Å². The first kappa shape index (κ1) is 14.6. The number of thiazole rings is 1. The number of alkyl halides is 6. The monoisotopic (exact) mass is 312 g/mol. The third kappa shape index (κ3) is 3.03. The van der Waals surface area contributed by atoms with Crippen molar-refractivity contribution in [3.63, 3.8) is 0 Å². The average molecular weight is 312 g/mol. The molecule has 0 saturated carbocycles. The van der Waals surface area contributed by atoms with Crippen molar-refractivity contribution in [3.05, 3.63) is 41.0 Å². The zero-order valence-electron chi connectivity index (χ0n) is 9.34. The second kappa shape index (κ2) is 4.97. The summed E-state index contributed by atoms with van der Waals surface area (Å²) in [5.74, 6) is -0.926. The van der Waals surface area contributed by atoms with E-state index in [1.807, 2.05) is 0 Å². The Morgan fingerprint density at radius 3 is 2.25 bits per heavy atom. The van der Waals surface area contributed by atoms with Gasteiger partial charge in [-0.3, -0.25) is 0 Å². The van der Waals surface area contributed by atoms with E-state index in [0.29, 0.717) is 6.07 Å². The number of nitrogens with zero attached hydrogens (tertiary/aromatic N) is 1. The van der Waals surface area contributed by atoms with Gasteiger partial charge < -0.3 is 4.74 Å². The minimum absolute atomic E-state index is 0.0881. The van der Waals surface area contributed by atoms with E-state index in [4.69, 9.17) is 4.74 Å². The van der Waals surface area contributed by atoms with Gasteiger partial charge in [0, 0.05) is 0 Å². The van der Waals surface area contributed by atoms with Gasteiger partial charge in [0.2, 0.25) is 5.06 Å². The van der Waals surface area contributed by atoms with Crippen molar-refractivity contribution in [3.8, 4) is 10.8 Å². The predicted octanol–water partition coefficient (Wildman–Crippen LogP) is 4.77. The number of benzene rings is 1. The molecular formula is C11H4F6NOS. The standard InChI is InChI=1S/C11H4F6NOS/c12-10(13,14)6-2-1-3-7(9(6)11(15,16)17)19-8-4-18-5-20-8/h1-4H. The Morgan fingerprint density at radius 1 is 1.05 bits per heavy atom. The highest BCUT2D eigenvalue weighted by atomic mass is 32.1. The first-order valence-corrected chi connectivity index (χ1v) is 5.78. The van der Waals surface area contributed by atoms with Crippen LogP contribution in [0, 0.1) is 5.51 Å². The molecule has 1 radical (unpaired) electrons. The number of halogens is 6. The van der Waals surface area contributed by atoms with E-state index >= 15 is 0 Å². The summed E-state index contributed by atoms with van der Waals surface area (Å²) in [7, 11) is 0. The lowest BCUT2D eigenvalue weighted by Gasteiger charge is -2.18. The molecule has 20 heavy (non-hydrogen) atoms. The molecule has 0 N–H and O–H groups in total.